The fourth-order valence-corrected chi connectivity index (χ4v) is 5.52. The lowest BCUT2D eigenvalue weighted by Crippen LogP contribution is -2.51. The summed E-state index contributed by atoms with van der Waals surface area (Å²) < 4.78 is 0. The largest absolute Gasteiger partial charge is 0.508 e. The normalized spacial score (nSPS) is 25.9. The summed E-state index contributed by atoms with van der Waals surface area (Å²) in [6.45, 7) is 3.68. The second-order valence-electron chi connectivity index (χ2n) is 8.64. The van der Waals surface area contributed by atoms with E-state index in [2.05, 4.69) is 41.3 Å². The monoisotopic (exact) mass is 363 g/mol. The van der Waals surface area contributed by atoms with Crippen LogP contribution in [0.5, 0.6) is 5.75 Å². The molecule has 4 rings (SSSR count). The first-order valence-electron chi connectivity index (χ1n) is 10.8. The molecule has 0 unspecified atom stereocenters. The van der Waals surface area contributed by atoms with Gasteiger partial charge in [-0.1, -0.05) is 55.3 Å². The zero-order valence-electron chi connectivity index (χ0n) is 16.4. The van der Waals surface area contributed by atoms with Gasteiger partial charge in [0, 0.05) is 12.0 Å². The number of unbranched alkanes of at least 4 members (excludes halogenated alkanes) is 1. The van der Waals surface area contributed by atoms with Crippen molar-refractivity contribution in [1.82, 2.24) is 4.90 Å². The summed E-state index contributed by atoms with van der Waals surface area (Å²) in [5.74, 6) is 1.17. The Labute approximate surface area is 164 Å². The number of benzene rings is 2. The van der Waals surface area contributed by atoms with Crippen LogP contribution >= 0.6 is 0 Å². The lowest BCUT2D eigenvalue weighted by Gasteiger charge is -2.51. The molecule has 1 saturated heterocycles. The molecule has 2 nitrogen and oxygen atoms in total. The van der Waals surface area contributed by atoms with E-state index in [1.807, 2.05) is 12.1 Å². The molecule has 0 bridgehead atoms. The number of nitrogens with zero attached hydrogens (tertiary/aromatic N) is 1. The predicted octanol–water partition coefficient (Wildman–Crippen LogP) is 5.55. The van der Waals surface area contributed by atoms with Gasteiger partial charge in [0.1, 0.15) is 5.75 Å². The molecule has 1 N–H and O–H groups in total. The van der Waals surface area contributed by atoms with E-state index in [-0.39, 0.29) is 0 Å². The van der Waals surface area contributed by atoms with Crippen molar-refractivity contribution < 1.29 is 5.11 Å². The molecular formula is C25H33NO. The van der Waals surface area contributed by atoms with Gasteiger partial charge >= 0.3 is 0 Å². The van der Waals surface area contributed by atoms with Crippen LogP contribution in [0.3, 0.4) is 0 Å². The molecule has 2 fully saturated rings. The zero-order chi connectivity index (χ0) is 18.5. The van der Waals surface area contributed by atoms with E-state index in [1.165, 1.54) is 82.1 Å². The van der Waals surface area contributed by atoms with Crippen LogP contribution in [-0.4, -0.2) is 29.6 Å². The summed E-state index contributed by atoms with van der Waals surface area (Å²) in [6.07, 6.45) is 10.4. The first-order chi connectivity index (χ1) is 13.3. The molecule has 144 valence electrons. The minimum absolute atomic E-state index is 0.303. The van der Waals surface area contributed by atoms with Crippen molar-refractivity contribution in [3.63, 3.8) is 0 Å². The van der Waals surface area contributed by atoms with Crippen LogP contribution in [0, 0.1) is 5.92 Å². The molecular weight excluding hydrogens is 330 g/mol. The fraction of sp³-hybridized carbons (Fsp3) is 0.520. The van der Waals surface area contributed by atoms with Crippen LogP contribution in [0.15, 0.2) is 54.6 Å². The van der Waals surface area contributed by atoms with Crippen LogP contribution in [-0.2, 0) is 11.8 Å². The SMILES string of the molecule is Oc1cccc([C@]23CCCC[C@H]2CN(CCCCc2ccccc2)CC3)c1. The third kappa shape index (κ3) is 4.21. The lowest BCUT2D eigenvalue weighted by atomic mass is 9.59. The summed E-state index contributed by atoms with van der Waals surface area (Å²) >= 11 is 0. The molecule has 0 radical (unpaired) electrons. The van der Waals surface area contributed by atoms with Gasteiger partial charge in [-0.25, -0.2) is 0 Å². The van der Waals surface area contributed by atoms with Crippen molar-refractivity contribution in [2.75, 3.05) is 19.6 Å². The molecule has 1 heterocycles. The molecule has 1 saturated carbocycles. The van der Waals surface area contributed by atoms with Crippen molar-refractivity contribution in [3.8, 4) is 5.75 Å². The molecule has 27 heavy (non-hydrogen) atoms. The van der Waals surface area contributed by atoms with Crippen molar-refractivity contribution in [2.24, 2.45) is 5.92 Å². The Bertz CT molecular complexity index is 728. The molecule has 2 atom stereocenters. The molecule has 0 amide bonds. The highest BCUT2D eigenvalue weighted by Crippen LogP contribution is 2.49. The number of phenolic OH excluding ortho intramolecular Hbond substituents is 1. The van der Waals surface area contributed by atoms with Crippen molar-refractivity contribution >= 4 is 0 Å². The molecule has 2 aliphatic rings. The maximum atomic E-state index is 10.0. The highest BCUT2D eigenvalue weighted by atomic mass is 16.3. The average molecular weight is 364 g/mol. The summed E-state index contributed by atoms with van der Waals surface area (Å²) in [4.78, 5) is 2.71. The van der Waals surface area contributed by atoms with Crippen molar-refractivity contribution in [3.05, 3.63) is 65.7 Å². The number of hydrogen-bond donors (Lipinski definition) is 1. The van der Waals surface area contributed by atoms with E-state index in [1.54, 1.807) is 6.07 Å². The van der Waals surface area contributed by atoms with Gasteiger partial charge < -0.3 is 10.0 Å². The van der Waals surface area contributed by atoms with Gasteiger partial charge in [-0.2, -0.15) is 0 Å². The number of aromatic hydroxyl groups is 1. The minimum atomic E-state index is 0.303. The quantitative estimate of drug-likeness (QED) is 0.680. The molecule has 1 aliphatic heterocycles. The van der Waals surface area contributed by atoms with Gasteiger partial charge in [0.05, 0.1) is 0 Å². The highest BCUT2D eigenvalue weighted by molar-refractivity contribution is 5.35. The molecule has 0 spiro atoms. The number of rotatable bonds is 6. The second-order valence-corrected chi connectivity index (χ2v) is 8.64. The van der Waals surface area contributed by atoms with E-state index in [0.717, 1.165) is 5.92 Å². The summed E-state index contributed by atoms with van der Waals surface area (Å²) in [7, 11) is 0. The van der Waals surface area contributed by atoms with E-state index in [0.29, 0.717) is 11.2 Å². The molecule has 1 aliphatic carbocycles. The van der Waals surface area contributed by atoms with Crippen LogP contribution in [0.25, 0.3) is 0 Å². The summed E-state index contributed by atoms with van der Waals surface area (Å²) in [5, 5.41) is 10.0. The number of aryl methyl sites for hydroxylation is 1. The van der Waals surface area contributed by atoms with Gasteiger partial charge in [0.25, 0.3) is 0 Å². The molecule has 2 aromatic rings. The molecule has 2 aromatic carbocycles. The van der Waals surface area contributed by atoms with Crippen LogP contribution in [0.2, 0.25) is 0 Å². The average Bonchev–Trinajstić information content (AvgIpc) is 2.72. The van der Waals surface area contributed by atoms with Gasteiger partial charge in [-0.05, 0) is 80.8 Å². The second kappa shape index (κ2) is 8.48. The van der Waals surface area contributed by atoms with Gasteiger partial charge in [0.2, 0.25) is 0 Å². The topological polar surface area (TPSA) is 23.5 Å². The Hall–Kier alpha value is -1.80. The minimum Gasteiger partial charge on any atom is -0.508 e. The Morgan fingerprint density at radius 1 is 0.963 bits per heavy atom. The molecule has 0 aromatic heterocycles. The predicted molar refractivity (Wildman–Crippen MR) is 112 cm³/mol. The van der Waals surface area contributed by atoms with Crippen LogP contribution < -0.4 is 0 Å². The number of likely N-dealkylation sites (tertiary alicyclic amines) is 1. The third-order valence-electron chi connectivity index (χ3n) is 7.01. The first-order valence-corrected chi connectivity index (χ1v) is 10.8. The maximum Gasteiger partial charge on any atom is 0.115 e. The Morgan fingerprint density at radius 3 is 2.70 bits per heavy atom. The lowest BCUT2D eigenvalue weighted by molar-refractivity contribution is 0.0553. The van der Waals surface area contributed by atoms with E-state index >= 15 is 0 Å². The van der Waals surface area contributed by atoms with Gasteiger partial charge in [0.15, 0.2) is 0 Å². The highest BCUT2D eigenvalue weighted by Gasteiger charge is 2.45. The maximum absolute atomic E-state index is 10.0. The van der Waals surface area contributed by atoms with Crippen molar-refractivity contribution in [1.29, 1.82) is 0 Å². The van der Waals surface area contributed by atoms with Gasteiger partial charge in [-0.15, -0.1) is 0 Å². The van der Waals surface area contributed by atoms with Crippen LogP contribution in [0.1, 0.15) is 56.1 Å². The van der Waals surface area contributed by atoms with Gasteiger partial charge in [-0.3, -0.25) is 0 Å². The smallest absolute Gasteiger partial charge is 0.115 e. The number of piperidine rings is 1. The fourth-order valence-electron chi connectivity index (χ4n) is 5.52. The third-order valence-corrected chi connectivity index (χ3v) is 7.01. The Kier molecular flexibility index (Phi) is 5.83. The zero-order valence-corrected chi connectivity index (χ0v) is 16.4. The number of hydrogen-bond acceptors (Lipinski definition) is 2. The standard InChI is InChI=1S/C25H33NO/c27-24-14-8-13-22(19-24)25-15-6-4-12-23(25)20-26(18-16-25)17-7-5-11-21-9-2-1-3-10-21/h1-3,8-10,13-14,19,23,27H,4-7,11-12,15-18,20H2/t23-,25+/m0/s1. The summed E-state index contributed by atoms with van der Waals surface area (Å²) in [5.41, 5.74) is 3.15. The van der Waals surface area contributed by atoms with E-state index < -0.39 is 0 Å². The molecule has 2 heteroatoms. The van der Waals surface area contributed by atoms with E-state index in [9.17, 15) is 5.11 Å². The first kappa shape index (κ1) is 18.6. The number of phenols is 1. The number of fused-ring (bicyclic) bond motifs is 1. The van der Waals surface area contributed by atoms with Crippen molar-refractivity contribution in [2.45, 2.75) is 56.8 Å². The summed E-state index contributed by atoms with van der Waals surface area (Å²) in [6, 6.07) is 19.0. The van der Waals surface area contributed by atoms with Crippen LogP contribution in [0.4, 0.5) is 0 Å². The Morgan fingerprint density at radius 2 is 1.85 bits per heavy atom. The Balaban J connectivity index is 1.34. The van der Waals surface area contributed by atoms with E-state index in [4.69, 9.17) is 0 Å².